The van der Waals surface area contributed by atoms with Crippen molar-refractivity contribution in [3.8, 4) is 17.2 Å². The predicted molar refractivity (Wildman–Crippen MR) is 127 cm³/mol. The number of aliphatic hydroxyl groups excluding tert-OH is 1. The average Bonchev–Trinajstić information content (AvgIpc) is 3.56. The van der Waals surface area contributed by atoms with Crippen LogP contribution in [0.2, 0.25) is 0 Å². The van der Waals surface area contributed by atoms with Gasteiger partial charge in [0.15, 0.2) is 16.6 Å². The standard InChI is InChI=1S/C25H22N2O6S/c1-13-10-16-11-15(5-6-17(16)33-13)22(28)20-21(14-4-7-18(31-2)19(12-14)32-3)27(24(30)23(20)29)25-26-8-9-34-25/h4-9,11-13,21,28H,10H2,1-3H3/t13-,21+/m1/s1. The van der Waals surface area contributed by atoms with Crippen molar-refractivity contribution in [2.45, 2.75) is 25.5 Å². The Labute approximate surface area is 200 Å². The highest BCUT2D eigenvalue weighted by Gasteiger charge is 2.48. The predicted octanol–water partition coefficient (Wildman–Crippen LogP) is 4.11. The number of rotatable bonds is 5. The summed E-state index contributed by atoms with van der Waals surface area (Å²) in [5.41, 5.74) is 1.94. The van der Waals surface area contributed by atoms with Gasteiger partial charge in [-0.1, -0.05) is 6.07 Å². The summed E-state index contributed by atoms with van der Waals surface area (Å²) >= 11 is 1.23. The van der Waals surface area contributed by atoms with E-state index in [2.05, 4.69) is 4.98 Å². The molecule has 3 aromatic rings. The summed E-state index contributed by atoms with van der Waals surface area (Å²) in [4.78, 5) is 32.0. The molecule has 0 radical (unpaired) electrons. The number of hydrogen-bond acceptors (Lipinski definition) is 8. The molecular weight excluding hydrogens is 456 g/mol. The quantitative estimate of drug-likeness (QED) is 0.335. The zero-order chi connectivity index (χ0) is 24.0. The first-order valence-corrected chi connectivity index (χ1v) is 11.5. The first kappa shape index (κ1) is 22.0. The number of thiazole rings is 1. The number of methoxy groups -OCH3 is 2. The summed E-state index contributed by atoms with van der Waals surface area (Å²) in [5.74, 6) is -0.0890. The van der Waals surface area contributed by atoms with Gasteiger partial charge >= 0.3 is 5.91 Å². The van der Waals surface area contributed by atoms with Crippen LogP contribution in [-0.2, 0) is 16.0 Å². The molecule has 2 atom stereocenters. The zero-order valence-corrected chi connectivity index (χ0v) is 19.6. The number of Topliss-reactive ketones (excluding diaryl/α,β-unsaturated/α-hetero) is 1. The summed E-state index contributed by atoms with van der Waals surface area (Å²) < 4.78 is 16.5. The summed E-state index contributed by atoms with van der Waals surface area (Å²) in [5, 5.41) is 13.4. The van der Waals surface area contributed by atoms with Crippen LogP contribution in [0.15, 0.2) is 53.5 Å². The summed E-state index contributed by atoms with van der Waals surface area (Å²) in [6, 6.07) is 9.51. The smallest absolute Gasteiger partial charge is 0.301 e. The fourth-order valence-electron chi connectivity index (χ4n) is 4.43. The molecule has 8 nitrogen and oxygen atoms in total. The van der Waals surface area contributed by atoms with Crippen LogP contribution in [0.1, 0.15) is 29.7 Å². The van der Waals surface area contributed by atoms with Gasteiger partial charge < -0.3 is 19.3 Å². The molecule has 1 N–H and O–H groups in total. The maximum atomic E-state index is 13.3. The Kier molecular flexibility index (Phi) is 5.49. The average molecular weight is 479 g/mol. The van der Waals surface area contributed by atoms with E-state index in [0.29, 0.717) is 34.2 Å². The third-order valence-electron chi connectivity index (χ3n) is 5.96. The van der Waals surface area contributed by atoms with Crippen LogP contribution >= 0.6 is 11.3 Å². The van der Waals surface area contributed by atoms with Crippen LogP contribution in [0.4, 0.5) is 5.13 Å². The molecule has 1 fully saturated rings. The lowest BCUT2D eigenvalue weighted by Gasteiger charge is -2.23. The van der Waals surface area contributed by atoms with Crippen LogP contribution in [0.3, 0.4) is 0 Å². The zero-order valence-electron chi connectivity index (χ0n) is 18.8. The van der Waals surface area contributed by atoms with Gasteiger partial charge in [0.1, 0.15) is 17.6 Å². The number of aromatic nitrogens is 1. The van der Waals surface area contributed by atoms with E-state index in [4.69, 9.17) is 14.2 Å². The Morgan fingerprint density at radius 3 is 2.65 bits per heavy atom. The second kappa shape index (κ2) is 8.49. The molecule has 0 unspecified atom stereocenters. The lowest BCUT2D eigenvalue weighted by atomic mass is 9.94. The van der Waals surface area contributed by atoms with E-state index in [0.717, 1.165) is 11.3 Å². The second-order valence-electron chi connectivity index (χ2n) is 8.05. The van der Waals surface area contributed by atoms with Gasteiger partial charge in [-0.15, -0.1) is 11.3 Å². The lowest BCUT2D eigenvalue weighted by molar-refractivity contribution is -0.132. The highest BCUT2D eigenvalue weighted by Crippen LogP contribution is 2.45. The lowest BCUT2D eigenvalue weighted by Crippen LogP contribution is -2.29. The summed E-state index contributed by atoms with van der Waals surface area (Å²) in [6.45, 7) is 1.97. The first-order valence-electron chi connectivity index (χ1n) is 10.6. The van der Waals surface area contributed by atoms with E-state index >= 15 is 0 Å². The summed E-state index contributed by atoms with van der Waals surface area (Å²) in [6.07, 6.45) is 2.30. The van der Waals surface area contributed by atoms with Gasteiger partial charge in [0, 0.05) is 23.6 Å². The molecule has 0 bridgehead atoms. The number of amides is 1. The maximum Gasteiger partial charge on any atom is 0.301 e. The molecule has 174 valence electrons. The molecule has 3 heterocycles. The fraction of sp³-hybridized carbons (Fsp3) is 0.240. The number of aliphatic hydroxyl groups is 1. The monoisotopic (exact) mass is 478 g/mol. The molecule has 5 rings (SSSR count). The Hall–Kier alpha value is -3.85. The molecule has 0 saturated carbocycles. The van der Waals surface area contributed by atoms with Gasteiger partial charge in [-0.25, -0.2) is 4.98 Å². The van der Waals surface area contributed by atoms with E-state index in [1.165, 1.54) is 30.5 Å². The van der Waals surface area contributed by atoms with E-state index in [1.807, 2.05) is 6.92 Å². The molecule has 34 heavy (non-hydrogen) atoms. The van der Waals surface area contributed by atoms with Crippen molar-refractivity contribution in [3.63, 3.8) is 0 Å². The Morgan fingerprint density at radius 1 is 1.15 bits per heavy atom. The fourth-order valence-corrected chi connectivity index (χ4v) is 5.09. The SMILES string of the molecule is COc1ccc([C@H]2C(=C(O)c3ccc4c(c3)C[C@@H](C)O4)C(=O)C(=O)N2c2nccs2)cc1OC. The van der Waals surface area contributed by atoms with E-state index < -0.39 is 17.7 Å². The number of nitrogens with zero attached hydrogens (tertiary/aromatic N) is 2. The topological polar surface area (TPSA) is 98.2 Å². The third-order valence-corrected chi connectivity index (χ3v) is 6.73. The molecule has 1 saturated heterocycles. The maximum absolute atomic E-state index is 13.3. The van der Waals surface area contributed by atoms with Crippen molar-refractivity contribution in [1.82, 2.24) is 4.98 Å². The number of benzene rings is 2. The molecule has 0 spiro atoms. The van der Waals surface area contributed by atoms with E-state index in [9.17, 15) is 14.7 Å². The molecule has 9 heteroatoms. The molecule has 2 aliphatic heterocycles. The number of hydrogen-bond donors (Lipinski definition) is 1. The van der Waals surface area contributed by atoms with Crippen molar-refractivity contribution in [1.29, 1.82) is 0 Å². The molecular formula is C25H22N2O6S. The third kappa shape index (κ3) is 3.49. The van der Waals surface area contributed by atoms with Crippen molar-refractivity contribution in [2.24, 2.45) is 0 Å². The van der Waals surface area contributed by atoms with E-state index in [-0.39, 0.29) is 17.4 Å². The van der Waals surface area contributed by atoms with Gasteiger partial charge in [0.2, 0.25) is 0 Å². The van der Waals surface area contributed by atoms with Crippen LogP contribution in [0, 0.1) is 0 Å². The number of fused-ring (bicyclic) bond motifs is 1. The number of anilines is 1. The van der Waals surface area contributed by atoms with Crippen LogP contribution < -0.4 is 19.1 Å². The van der Waals surface area contributed by atoms with Gasteiger partial charge in [0.25, 0.3) is 5.78 Å². The van der Waals surface area contributed by atoms with Crippen molar-refractivity contribution in [3.05, 3.63) is 70.2 Å². The van der Waals surface area contributed by atoms with Crippen molar-refractivity contribution < 1.29 is 28.9 Å². The molecule has 2 aliphatic rings. The highest BCUT2D eigenvalue weighted by atomic mass is 32.1. The Bertz CT molecular complexity index is 1320. The van der Waals surface area contributed by atoms with Crippen LogP contribution in [-0.4, -0.2) is 42.1 Å². The van der Waals surface area contributed by atoms with Gasteiger partial charge in [-0.3, -0.25) is 14.5 Å². The number of ketones is 1. The molecule has 1 amide bonds. The minimum absolute atomic E-state index is 0.0145. The first-order chi connectivity index (χ1) is 16.4. The normalized spacial score (nSPS) is 20.9. The molecule has 0 aliphatic carbocycles. The summed E-state index contributed by atoms with van der Waals surface area (Å²) in [7, 11) is 3.03. The van der Waals surface area contributed by atoms with Crippen LogP contribution in [0.25, 0.3) is 5.76 Å². The van der Waals surface area contributed by atoms with Gasteiger partial charge in [-0.2, -0.15) is 0 Å². The van der Waals surface area contributed by atoms with Gasteiger partial charge in [0.05, 0.1) is 25.8 Å². The van der Waals surface area contributed by atoms with E-state index in [1.54, 1.807) is 48.0 Å². The van der Waals surface area contributed by atoms with Crippen molar-refractivity contribution >= 4 is 33.9 Å². The number of carbonyl (C=O) groups is 2. The second-order valence-corrected chi connectivity index (χ2v) is 8.93. The Morgan fingerprint density at radius 2 is 1.94 bits per heavy atom. The van der Waals surface area contributed by atoms with Gasteiger partial charge in [-0.05, 0) is 48.4 Å². The van der Waals surface area contributed by atoms with Crippen LogP contribution in [0.5, 0.6) is 17.2 Å². The minimum atomic E-state index is -0.894. The Balaban J connectivity index is 1.69. The highest BCUT2D eigenvalue weighted by molar-refractivity contribution is 7.14. The van der Waals surface area contributed by atoms with Crippen molar-refractivity contribution in [2.75, 3.05) is 19.1 Å². The molecule has 1 aromatic heterocycles. The minimum Gasteiger partial charge on any atom is -0.507 e. The number of carbonyl (C=O) groups excluding carboxylic acids is 2. The largest absolute Gasteiger partial charge is 0.507 e. The molecule has 2 aromatic carbocycles. The number of ether oxygens (including phenoxy) is 3.